The number of anilines is 1. The first-order chi connectivity index (χ1) is 12.6. The van der Waals surface area contributed by atoms with Gasteiger partial charge in [0.15, 0.2) is 6.61 Å². The summed E-state index contributed by atoms with van der Waals surface area (Å²) in [4.78, 5) is 11.9. The molecule has 0 aliphatic carbocycles. The number of hydrogen-bond donors (Lipinski definition) is 1. The zero-order valence-electron chi connectivity index (χ0n) is 14.6. The van der Waals surface area contributed by atoms with Crippen LogP contribution in [0.15, 0.2) is 52.9 Å². The third-order valence-corrected chi connectivity index (χ3v) is 3.59. The molecular weight excluding hydrogens is 334 g/mol. The van der Waals surface area contributed by atoms with Gasteiger partial charge in [0.2, 0.25) is 5.89 Å². The van der Waals surface area contributed by atoms with Gasteiger partial charge in [0.1, 0.15) is 11.5 Å². The minimum Gasteiger partial charge on any atom is -0.497 e. The van der Waals surface area contributed by atoms with Crippen LogP contribution >= 0.6 is 0 Å². The van der Waals surface area contributed by atoms with Crippen molar-refractivity contribution in [1.82, 2.24) is 10.2 Å². The lowest BCUT2D eigenvalue weighted by molar-refractivity contribution is -0.118. The molecule has 0 radical (unpaired) electrons. The molecule has 3 rings (SSSR count). The Morgan fingerprint density at radius 3 is 2.65 bits per heavy atom. The molecule has 0 bridgehead atoms. The molecule has 1 aromatic heterocycles. The van der Waals surface area contributed by atoms with Crippen molar-refractivity contribution in [3.63, 3.8) is 0 Å². The monoisotopic (exact) mass is 353 g/mol. The lowest BCUT2D eigenvalue weighted by Gasteiger charge is -2.05. The molecule has 0 fully saturated rings. The van der Waals surface area contributed by atoms with Gasteiger partial charge in [-0.2, -0.15) is 0 Å². The Balaban J connectivity index is 1.51. The van der Waals surface area contributed by atoms with Crippen LogP contribution < -0.4 is 14.8 Å². The van der Waals surface area contributed by atoms with E-state index in [2.05, 4.69) is 15.5 Å². The maximum atomic E-state index is 11.9. The molecule has 0 unspecified atom stereocenters. The first kappa shape index (κ1) is 17.5. The van der Waals surface area contributed by atoms with Crippen LogP contribution in [-0.4, -0.2) is 29.8 Å². The second kappa shape index (κ2) is 8.15. The van der Waals surface area contributed by atoms with Crippen LogP contribution in [0, 0.1) is 6.92 Å². The van der Waals surface area contributed by atoms with Crippen LogP contribution in [0.3, 0.4) is 0 Å². The SMILES string of the molecule is COc1ccc(Cc2nnc(NC(=O)COc3cccc(C)c3)o2)cc1. The van der Waals surface area contributed by atoms with Gasteiger partial charge in [-0.15, -0.1) is 5.10 Å². The maximum absolute atomic E-state index is 11.9. The lowest BCUT2D eigenvalue weighted by Crippen LogP contribution is -2.20. The average molecular weight is 353 g/mol. The van der Waals surface area contributed by atoms with E-state index in [-0.39, 0.29) is 18.5 Å². The van der Waals surface area contributed by atoms with Crippen LogP contribution in [0.25, 0.3) is 0 Å². The Kier molecular flexibility index (Phi) is 5.48. The standard InChI is InChI=1S/C19H19N3O4/c1-13-4-3-5-16(10-13)25-12-17(23)20-19-22-21-18(26-19)11-14-6-8-15(24-2)9-7-14/h3-10H,11-12H2,1-2H3,(H,20,22,23). The fourth-order valence-electron chi connectivity index (χ4n) is 2.30. The van der Waals surface area contributed by atoms with Gasteiger partial charge in [0.25, 0.3) is 5.91 Å². The van der Waals surface area contributed by atoms with Crippen molar-refractivity contribution in [2.45, 2.75) is 13.3 Å². The number of amides is 1. The highest BCUT2D eigenvalue weighted by Crippen LogP contribution is 2.16. The predicted molar refractivity (Wildman–Crippen MR) is 95.4 cm³/mol. The van der Waals surface area contributed by atoms with Crippen LogP contribution in [0.2, 0.25) is 0 Å². The summed E-state index contributed by atoms with van der Waals surface area (Å²) in [7, 11) is 1.62. The molecule has 1 N–H and O–H groups in total. The van der Waals surface area contributed by atoms with Crippen LogP contribution in [0.1, 0.15) is 17.0 Å². The van der Waals surface area contributed by atoms with Crippen LogP contribution in [0.4, 0.5) is 6.01 Å². The molecule has 1 amide bonds. The lowest BCUT2D eigenvalue weighted by atomic mass is 10.1. The second-order valence-corrected chi connectivity index (χ2v) is 5.68. The molecule has 7 heteroatoms. The van der Waals surface area contributed by atoms with Gasteiger partial charge >= 0.3 is 6.01 Å². The minimum absolute atomic E-state index is 0.0475. The summed E-state index contributed by atoms with van der Waals surface area (Å²) in [5.74, 6) is 1.45. The molecule has 0 aliphatic rings. The van der Waals surface area contributed by atoms with E-state index in [9.17, 15) is 4.79 Å². The van der Waals surface area contributed by atoms with E-state index < -0.39 is 0 Å². The zero-order chi connectivity index (χ0) is 18.4. The predicted octanol–water partition coefficient (Wildman–Crippen LogP) is 2.99. The van der Waals surface area contributed by atoms with Gasteiger partial charge in [-0.3, -0.25) is 10.1 Å². The van der Waals surface area contributed by atoms with Gasteiger partial charge in [0, 0.05) is 0 Å². The number of nitrogens with zero attached hydrogens (tertiary/aromatic N) is 2. The summed E-state index contributed by atoms with van der Waals surface area (Å²) < 4.78 is 16.0. The van der Waals surface area contributed by atoms with Gasteiger partial charge in [0.05, 0.1) is 13.5 Å². The molecule has 26 heavy (non-hydrogen) atoms. The topological polar surface area (TPSA) is 86.5 Å². The quantitative estimate of drug-likeness (QED) is 0.703. The van der Waals surface area contributed by atoms with Crippen LogP contribution in [-0.2, 0) is 11.2 Å². The number of carbonyl (C=O) groups is 1. The van der Waals surface area contributed by atoms with Crippen molar-refractivity contribution in [3.8, 4) is 11.5 Å². The van der Waals surface area contributed by atoms with E-state index >= 15 is 0 Å². The summed E-state index contributed by atoms with van der Waals surface area (Å²) in [5.41, 5.74) is 2.05. The van der Waals surface area contributed by atoms with E-state index in [0.29, 0.717) is 18.1 Å². The van der Waals surface area contributed by atoms with Gasteiger partial charge < -0.3 is 13.9 Å². The molecule has 134 valence electrons. The molecule has 7 nitrogen and oxygen atoms in total. The summed E-state index contributed by atoms with van der Waals surface area (Å²) in [6.45, 7) is 1.81. The highest BCUT2D eigenvalue weighted by molar-refractivity contribution is 5.89. The van der Waals surface area contributed by atoms with Crippen molar-refractivity contribution in [2.75, 3.05) is 19.0 Å². The van der Waals surface area contributed by atoms with E-state index in [1.807, 2.05) is 49.4 Å². The maximum Gasteiger partial charge on any atom is 0.322 e. The van der Waals surface area contributed by atoms with E-state index in [4.69, 9.17) is 13.9 Å². The van der Waals surface area contributed by atoms with Crippen molar-refractivity contribution >= 4 is 11.9 Å². The number of hydrogen-bond acceptors (Lipinski definition) is 6. The molecule has 1 heterocycles. The number of ether oxygens (including phenoxy) is 2. The number of carbonyl (C=O) groups excluding carboxylic acids is 1. The summed E-state index contributed by atoms with van der Waals surface area (Å²) in [6, 6.07) is 15.1. The second-order valence-electron chi connectivity index (χ2n) is 5.68. The highest BCUT2D eigenvalue weighted by atomic mass is 16.5. The number of aromatic nitrogens is 2. The number of benzene rings is 2. The molecule has 2 aromatic carbocycles. The number of nitrogens with one attached hydrogen (secondary N) is 1. The minimum atomic E-state index is -0.369. The fraction of sp³-hybridized carbons (Fsp3) is 0.211. The summed E-state index contributed by atoms with van der Waals surface area (Å²) in [6.07, 6.45) is 0.465. The molecule has 0 saturated heterocycles. The molecule has 0 saturated carbocycles. The molecule has 0 aliphatic heterocycles. The van der Waals surface area contributed by atoms with Crippen molar-refractivity contribution in [2.24, 2.45) is 0 Å². The summed E-state index contributed by atoms with van der Waals surface area (Å²) >= 11 is 0. The number of aryl methyl sites for hydroxylation is 1. The first-order valence-corrected chi connectivity index (χ1v) is 8.07. The van der Waals surface area contributed by atoms with Gasteiger partial charge in [-0.05, 0) is 42.3 Å². The van der Waals surface area contributed by atoms with Gasteiger partial charge in [-0.1, -0.05) is 29.4 Å². The third kappa shape index (κ3) is 4.83. The Labute approximate surface area is 151 Å². The Morgan fingerprint density at radius 2 is 1.92 bits per heavy atom. The molecular formula is C19H19N3O4. The molecule has 0 spiro atoms. The normalized spacial score (nSPS) is 10.4. The third-order valence-electron chi connectivity index (χ3n) is 3.59. The Morgan fingerprint density at radius 1 is 1.12 bits per heavy atom. The molecule has 3 aromatic rings. The van der Waals surface area contributed by atoms with E-state index in [1.165, 1.54) is 0 Å². The fourth-order valence-corrected chi connectivity index (χ4v) is 2.30. The Bertz CT molecular complexity index is 875. The highest BCUT2D eigenvalue weighted by Gasteiger charge is 2.11. The first-order valence-electron chi connectivity index (χ1n) is 8.07. The van der Waals surface area contributed by atoms with Crippen molar-refractivity contribution < 1.29 is 18.7 Å². The smallest absolute Gasteiger partial charge is 0.322 e. The molecule has 0 atom stereocenters. The van der Waals surface area contributed by atoms with Gasteiger partial charge in [-0.25, -0.2) is 0 Å². The number of rotatable bonds is 7. The van der Waals surface area contributed by atoms with Crippen molar-refractivity contribution in [3.05, 3.63) is 65.5 Å². The zero-order valence-corrected chi connectivity index (χ0v) is 14.6. The van der Waals surface area contributed by atoms with Crippen LogP contribution in [0.5, 0.6) is 11.5 Å². The van der Waals surface area contributed by atoms with Crippen molar-refractivity contribution in [1.29, 1.82) is 0 Å². The summed E-state index contributed by atoms with van der Waals surface area (Å²) in [5, 5.41) is 10.3. The van der Waals surface area contributed by atoms with E-state index in [1.54, 1.807) is 13.2 Å². The number of methoxy groups -OCH3 is 1. The van der Waals surface area contributed by atoms with E-state index in [0.717, 1.165) is 16.9 Å². The largest absolute Gasteiger partial charge is 0.497 e. The Hall–Kier alpha value is -3.35. The average Bonchev–Trinajstić information content (AvgIpc) is 3.07.